The molecule has 0 fully saturated rings. The minimum absolute atomic E-state index is 0.0211. The lowest BCUT2D eigenvalue weighted by atomic mass is 10.5. The van der Waals surface area contributed by atoms with E-state index in [2.05, 4.69) is 0 Å². The maximum absolute atomic E-state index is 8.32. The fourth-order valence-electron chi connectivity index (χ4n) is 10.9. The first kappa shape index (κ1) is 95.9. The van der Waals surface area contributed by atoms with Gasteiger partial charge in [0.05, 0.1) is 0 Å². The molecule has 572 valence electrons. The van der Waals surface area contributed by atoms with Gasteiger partial charge in [0.1, 0.15) is 0 Å². The summed E-state index contributed by atoms with van der Waals surface area (Å²) in [5.74, 6) is 0. The molecule has 0 amide bonds. The molecule has 0 aliphatic heterocycles. The van der Waals surface area contributed by atoms with Crippen molar-refractivity contribution < 1.29 is 90.1 Å². The predicted octanol–water partition coefficient (Wildman–Crippen LogP) is 4.45. The maximum Gasteiger partial charge on any atom is 0.673 e. The van der Waals surface area contributed by atoms with E-state index >= 15 is 0 Å². The molecule has 95 heavy (non-hydrogen) atoms. The Hall–Kier alpha value is 0.929. The van der Waals surface area contributed by atoms with E-state index in [1.165, 1.54) is 0 Å². The third kappa shape index (κ3) is 35.1. The van der Waals surface area contributed by atoms with E-state index in [4.69, 9.17) is 147 Å². The van der Waals surface area contributed by atoms with Crippen molar-refractivity contribution >= 4 is 88.0 Å². The van der Waals surface area contributed by atoms with Crippen LogP contribution in [0.5, 0.6) is 0 Å². The molecule has 0 bridgehead atoms. The minimum atomic E-state index is -4.98. The average Bonchev–Trinajstić information content (AvgIpc) is 0.769. The Morgan fingerprint density at radius 2 is 0.368 bits per heavy atom. The topological polar surface area (TPSA) is 454 Å². The lowest BCUT2D eigenvalue weighted by Crippen LogP contribution is -2.73. The third-order valence-electron chi connectivity index (χ3n) is 14.4. The molecule has 0 radical (unpaired) electrons. The van der Waals surface area contributed by atoms with Gasteiger partial charge in [0, 0.05) is 85.3 Å². The zero-order chi connectivity index (χ0) is 71.5. The van der Waals surface area contributed by atoms with Crippen LogP contribution in [0.15, 0.2) is 0 Å². The first-order valence-electron chi connectivity index (χ1n) is 35.7. The quantitative estimate of drug-likeness (QED) is 0.0376. The van der Waals surface area contributed by atoms with Crippen LogP contribution in [0, 0.1) is 0 Å². The lowest BCUT2D eigenvalue weighted by molar-refractivity contribution is -0.0867. The van der Waals surface area contributed by atoms with Gasteiger partial charge in [-0.05, 0) is 267 Å². The standard InChI is InChI=1S/C54H140N10O21Si10/c1-13-65-90(54-34-44-64,81-92(69-17-5,70-18-6)83-94(73-21-9,74-22-10)85-95(75-23-11,76-24-12)84-93(71-19-7,72-20-8)82-91(66-14-2,67-15-3)68-16-4)80-89(52-32-42-62,53-33-43-63)79-88(50-30-40-60,51-31-41-61)78-87(48-28-38-58,49-29-39-59)77-86(45-25-35-55,46-26-36-56)47-27-37-57/h13-64H2,1-12H3. The van der Waals surface area contributed by atoms with E-state index < -0.39 is 88.0 Å². The van der Waals surface area contributed by atoms with Gasteiger partial charge in [-0.2, -0.15) is 0 Å². The Labute approximate surface area is 584 Å². The molecule has 1 atom stereocenters. The summed E-state index contributed by atoms with van der Waals surface area (Å²) in [6.45, 7) is 25.4. The summed E-state index contributed by atoms with van der Waals surface area (Å²) >= 11 is 0. The molecule has 0 rings (SSSR count). The Morgan fingerprint density at radius 1 is 0.179 bits per heavy atom. The fourth-order valence-corrected chi connectivity index (χ4v) is 58.6. The van der Waals surface area contributed by atoms with E-state index in [9.17, 15) is 0 Å². The molecule has 0 spiro atoms. The minimum Gasteiger partial charge on any atom is -0.436 e. The van der Waals surface area contributed by atoms with Crippen molar-refractivity contribution in [3.63, 3.8) is 0 Å². The summed E-state index contributed by atoms with van der Waals surface area (Å²) in [6, 6.07) is 5.40. The molecule has 20 N–H and O–H groups in total. The highest BCUT2D eigenvalue weighted by Gasteiger charge is 2.73. The van der Waals surface area contributed by atoms with Crippen LogP contribution in [-0.2, 0) is 90.1 Å². The molecule has 31 nitrogen and oxygen atoms in total. The van der Waals surface area contributed by atoms with E-state index in [1.807, 2.05) is 6.92 Å². The van der Waals surface area contributed by atoms with E-state index in [0.29, 0.717) is 140 Å². The van der Waals surface area contributed by atoms with Crippen LogP contribution in [0.1, 0.15) is 147 Å². The van der Waals surface area contributed by atoms with E-state index in [0.717, 1.165) is 37.4 Å². The fraction of sp³-hybridized carbons (Fsp3) is 1.00. The second-order valence-corrected chi connectivity index (χ2v) is 52.1. The highest BCUT2D eigenvalue weighted by molar-refractivity contribution is 6.93. The van der Waals surface area contributed by atoms with Gasteiger partial charge in [-0.15, -0.1) is 0 Å². The first-order chi connectivity index (χ1) is 45.7. The summed E-state index contributed by atoms with van der Waals surface area (Å²) in [7, 11) is -42.0. The number of rotatable bonds is 72. The van der Waals surface area contributed by atoms with Crippen LogP contribution in [0.25, 0.3) is 0 Å². The van der Waals surface area contributed by atoms with Gasteiger partial charge in [-0.25, -0.2) is 0 Å². The molecular weight excluding hydrogens is 1410 g/mol. The Balaban J connectivity index is 9.62. The molecule has 41 heteroatoms. The third-order valence-corrected chi connectivity index (χ3v) is 55.8. The zero-order valence-electron chi connectivity index (χ0n) is 61.0. The van der Waals surface area contributed by atoms with Gasteiger partial charge in [0.25, 0.3) is 0 Å². The number of hydrogen-bond acceptors (Lipinski definition) is 31. The van der Waals surface area contributed by atoms with E-state index in [1.54, 1.807) is 76.2 Å². The van der Waals surface area contributed by atoms with E-state index in [-0.39, 0.29) is 91.9 Å². The number of hydrogen-bond donors (Lipinski definition) is 10. The van der Waals surface area contributed by atoms with Crippen LogP contribution in [-0.4, -0.2) is 233 Å². The molecule has 0 heterocycles. The molecule has 0 saturated heterocycles. The highest BCUT2D eigenvalue weighted by atomic mass is 28.6. The molecule has 0 aliphatic carbocycles. The van der Waals surface area contributed by atoms with Crippen molar-refractivity contribution in [1.82, 2.24) is 0 Å². The molecular formula is C54H140N10O21Si10. The normalized spacial score (nSPS) is 14.2. The summed E-state index contributed by atoms with van der Waals surface area (Å²) < 4.78 is 148. The van der Waals surface area contributed by atoms with Crippen molar-refractivity contribution in [1.29, 1.82) is 0 Å². The van der Waals surface area contributed by atoms with Crippen molar-refractivity contribution in [3.05, 3.63) is 0 Å². The van der Waals surface area contributed by atoms with Crippen molar-refractivity contribution in [2.45, 2.75) is 208 Å². The zero-order valence-corrected chi connectivity index (χ0v) is 71.0. The second-order valence-electron chi connectivity index (χ2n) is 22.1. The summed E-state index contributed by atoms with van der Waals surface area (Å²) in [6.07, 6.45) is 5.99. The highest BCUT2D eigenvalue weighted by Crippen LogP contribution is 2.44. The summed E-state index contributed by atoms with van der Waals surface area (Å²) in [5.41, 5.74) is 64.9. The summed E-state index contributed by atoms with van der Waals surface area (Å²) in [4.78, 5) is 0. The predicted molar refractivity (Wildman–Crippen MR) is 392 cm³/mol. The Morgan fingerprint density at radius 3 is 0.611 bits per heavy atom. The van der Waals surface area contributed by atoms with Crippen LogP contribution >= 0.6 is 0 Å². The van der Waals surface area contributed by atoms with Crippen LogP contribution in [0.4, 0.5) is 0 Å². The molecule has 0 aromatic heterocycles. The van der Waals surface area contributed by atoms with Gasteiger partial charge in [-0.1, -0.05) is 0 Å². The van der Waals surface area contributed by atoms with Crippen molar-refractivity contribution in [3.8, 4) is 0 Å². The van der Waals surface area contributed by atoms with Gasteiger partial charge >= 0.3 is 79.7 Å². The monoisotopic (exact) mass is 1540 g/mol. The molecule has 1 unspecified atom stereocenters. The average molecular weight is 1550 g/mol. The van der Waals surface area contributed by atoms with Crippen LogP contribution < -0.4 is 57.3 Å². The summed E-state index contributed by atoms with van der Waals surface area (Å²) in [5, 5.41) is 0. The maximum atomic E-state index is 8.32. The molecule has 0 saturated carbocycles. The van der Waals surface area contributed by atoms with Crippen LogP contribution in [0.2, 0.25) is 60.4 Å². The Kier molecular flexibility index (Phi) is 55.1. The smallest absolute Gasteiger partial charge is 0.436 e. The van der Waals surface area contributed by atoms with Gasteiger partial charge in [0.2, 0.25) is 0 Å². The molecule has 0 aliphatic rings. The molecule has 0 aromatic rings. The van der Waals surface area contributed by atoms with Crippen molar-refractivity contribution in [2.75, 3.05) is 145 Å². The van der Waals surface area contributed by atoms with Gasteiger partial charge in [-0.3, -0.25) is 0 Å². The second kappa shape index (κ2) is 54.5. The van der Waals surface area contributed by atoms with Gasteiger partial charge < -0.3 is 147 Å². The molecule has 0 aromatic carbocycles. The van der Waals surface area contributed by atoms with Gasteiger partial charge in [0.15, 0.2) is 8.32 Å². The first-order valence-corrected chi connectivity index (χ1v) is 55.0. The SMILES string of the molecule is CCO[Si](CCCN)(O[Si](CCCN)(CCCN)O[Si](CCCN)(CCCN)O[Si](CCCN)(CCCN)O[Si](CCCN)(CCCN)CCCN)O[Si](OCC)(OCC)O[Si](OCC)(OCC)O[Si](OCC)(OCC)O[Si](OCC)(OCC)O[Si](OCC)(OCC)OCC. The number of nitrogens with two attached hydrogens (primary N) is 10. The van der Waals surface area contributed by atoms with Crippen LogP contribution in [0.3, 0.4) is 0 Å². The lowest BCUT2D eigenvalue weighted by Gasteiger charge is -2.50. The van der Waals surface area contributed by atoms with Crippen molar-refractivity contribution in [2.24, 2.45) is 57.3 Å². The largest absolute Gasteiger partial charge is 0.673 e. The Bertz CT molecular complexity index is 1760.